The Morgan fingerprint density at radius 3 is 2.67 bits per heavy atom. The number of hydrogen-bond donors (Lipinski definition) is 1. The Morgan fingerprint density at radius 2 is 1.89 bits per heavy atom. The largest absolute Gasteiger partial charge is 0.352 e. The molecule has 0 atom stereocenters. The molecule has 1 saturated carbocycles. The number of nitrogens with one attached hydrogen (secondary N) is 1. The van der Waals surface area contributed by atoms with E-state index in [1.165, 1.54) is 40.8 Å². The van der Waals surface area contributed by atoms with Crippen molar-refractivity contribution in [2.24, 2.45) is 0 Å². The first kappa shape index (κ1) is 18.4. The molecule has 2 aliphatic rings. The Kier molecular flexibility index (Phi) is 5.44. The molecule has 27 heavy (non-hydrogen) atoms. The summed E-state index contributed by atoms with van der Waals surface area (Å²) in [4.78, 5) is 13.9. The molecule has 1 aliphatic carbocycles. The molecule has 1 amide bonds. The molecule has 0 spiro atoms. The van der Waals surface area contributed by atoms with E-state index in [1.807, 2.05) is 0 Å². The molecule has 1 aliphatic heterocycles. The number of carbonyl (C=O) groups is 1. The van der Waals surface area contributed by atoms with Gasteiger partial charge in [0, 0.05) is 16.5 Å². The van der Waals surface area contributed by atoms with Gasteiger partial charge < -0.3 is 9.62 Å². The molecule has 0 saturated heterocycles. The van der Waals surface area contributed by atoms with Gasteiger partial charge in [-0.15, -0.1) is 0 Å². The van der Waals surface area contributed by atoms with Gasteiger partial charge in [0.15, 0.2) is 0 Å². The minimum Gasteiger partial charge on any atom is -0.352 e. The van der Waals surface area contributed by atoms with Crippen LogP contribution >= 0.6 is 11.9 Å². The van der Waals surface area contributed by atoms with Gasteiger partial charge in [-0.3, -0.25) is 4.79 Å². The second-order valence-electron chi connectivity index (χ2n) is 7.96. The molecular formula is C23H28N2OS. The van der Waals surface area contributed by atoms with Crippen LogP contribution in [0.2, 0.25) is 0 Å². The number of amides is 1. The van der Waals surface area contributed by atoms with Crippen LogP contribution in [0.15, 0.2) is 47.4 Å². The molecular weight excluding hydrogens is 352 g/mol. The lowest BCUT2D eigenvalue weighted by molar-refractivity contribution is -0.120. The molecule has 0 radical (unpaired) electrons. The normalized spacial score (nSPS) is 16.8. The predicted molar refractivity (Wildman–Crippen MR) is 114 cm³/mol. The third-order valence-electron chi connectivity index (χ3n) is 5.60. The number of anilines is 1. The topological polar surface area (TPSA) is 32.3 Å². The number of rotatable bonds is 4. The second kappa shape index (κ2) is 7.97. The fraction of sp³-hybridized carbons (Fsp3) is 0.435. The van der Waals surface area contributed by atoms with Crippen molar-refractivity contribution in [1.82, 2.24) is 5.32 Å². The predicted octanol–water partition coefficient (Wildman–Crippen LogP) is 5.75. The molecule has 2 aromatic rings. The highest BCUT2D eigenvalue weighted by atomic mass is 32.2. The van der Waals surface area contributed by atoms with Gasteiger partial charge in [0.1, 0.15) is 6.54 Å². The molecule has 0 unspecified atom stereocenters. The zero-order chi connectivity index (χ0) is 18.8. The molecule has 0 bridgehead atoms. The molecule has 4 rings (SSSR count). The molecule has 3 nitrogen and oxygen atoms in total. The van der Waals surface area contributed by atoms with Crippen LogP contribution < -0.4 is 9.62 Å². The highest BCUT2D eigenvalue weighted by Crippen LogP contribution is 2.46. The van der Waals surface area contributed by atoms with E-state index < -0.39 is 0 Å². The maximum atomic E-state index is 12.7. The van der Waals surface area contributed by atoms with Gasteiger partial charge in [-0.25, -0.2) is 0 Å². The van der Waals surface area contributed by atoms with Crippen LogP contribution in [0, 0.1) is 0 Å². The van der Waals surface area contributed by atoms with Crippen LogP contribution in [0.4, 0.5) is 5.69 Å². The minimum atomic E-state index is 0.132. The second-order valence-corrected chi connectivity index (χ2v) is 9.02. The maximum Gasteiger partial charge on any atom is 0.240 e. The van der Waals surface area contributed by atoms with E-state index in [0.717, 1.165) is 18.5 Å². The van der Waals surface area contributed by atoms with E-state index in [2.05, 4.69) is 65.9 Å². The first-order chi connectivity index (χ1) is 13.1. The summed E-state index contributed by atoms with van der Waals surface area (Å²) in [6.45, 7) is 4.84. The van der Waals surface area contributed by atoms with Gasteiger partial charge in [0.2, 0.25) is 5.91 Å². The van der Waals surface area contributed by atoms with Gasteiger partial charge in [0.05, 0.1) is 5.69 Å². The van der Waals surface area contributed by atoms with Crippen LogP contribution in [-0.4, -0.2) is 18.5 Å². The standard InChI is InChI=1S/C23H28N2OS/c1-16(2)17-12-13-21-20(14-17)19-10-6-7-11-22(19)27-25(21)15-23(26)24-18-8-4-3-5-9-18/h6-7,10-14,16,18H,3-5,8-9,15H2,1-2H3,(H,24,26). The van der Waals surface area contributed by atoms with Gasteiger partial charge in [-0.1, -0.05) is 57.4 Å². The summed E-state index contributed by atoms with van der Waals surface area (Å²) in [6, 6.07) is 15.5. The van der Waals surface area contributed by atoms with Crippen LogP contribution in [0.5, 0.6) is 0 Å². The van der Waals surface area contributed by atoms with Crippen LogP contribution in [-0.2, 0) is 4.79 Å². The van der Waals surface area contributed by atoms with Gasteiger partial charge >= 0.3 is 0 Å². The monoisotopic (exact) mass is 380 g/mol. The smallest absolute Gasteiger partial charge is 0.240 e. The number of carbonyl (C=O) groups excluding carboxylic acids is 1. The molecule has 142 valence electrons. The van der Waals surface area contributed by atoms with Crippen molar-refractivity contribution in [2.75, 3.05) is 10.8 Å². The summed E-state index contributed by atoms with van der Waals surface area (Å²) in [5.41, 5.74) is 4.98. The summed E-state index contributed by atoms with van der Waals surface area (Å²) >= 11 is 1.68. The van der Waals surface area contributed by atoms with E-state index in [0.29, 0.717) is 18.5 Å². The summed E-state index contributed by atoms with van der Waals surface area (Å²) in [5.74, 6) is 0.618. The maximum absolute atomic E-state index is 12.7. The van der Waals surface area contributed by atoms with Crippen molar-refractivity contribution in [2.45, 2.75) is 62.8 Å². The van der Waals surface area contributed by atoms with E-state index >= 15 is 0 Å². The summed E-state index contributed by atoms with van der Waals surface area (Å²) < 4.78 is 2.15. The van der Waals surface area contributed by atoms with Gasteiger partial charge in [-0.05, 0) is 60.0 Å². The van der Waals surface area contributed by atoms with Crippen molar-refractivity contribution < 1.29 is 4.79 Å². The van der Waals surface area contributed by atoms with Crippen LogP contribution in [0.1, 0.15) is 57.4 Å². The zero-order valence-corrected chi connectivity index (χ0v) is 17.0. The Labute approximate surface area is 166 Å². The number of nitrogens with zero attached hydrogens (tertiary/aromatic N) is 1. The van der Waals surface area contributed by atoms with Gasteiger partial charge in [-0.2, -0.15) is 0 Å². The van der Waals surface area contributed by atoms with E-state index in [9.17, 15) is 4.79 Å². The van der Waals surface area contributed by atoms with Gasteiger partial charge in [0.25, 0.3) is 0 Å². The summed E-state index contributed by atoms with van der Waals surface area (Å²) in [7, 11) is 0. The molecule has 4 heteroatoms. The first-order valence-corrected chi connectivity index (χ1v) is 10.9. The SMILES string of the molecule is CC(C)c1ccc2c(c1)-c1ccccc1SN2CC(=O)NC1CCCCC1. The van der Waals surface area contributed by atoms with Crippen LogP contribution in [0.25, 0.3) is 11.1 Å². The highest BCUT2D eigenvalue weighted by molar-refractivity contribution is 8.01. The van der Waals surface area contributed by atoms with E-state index in [1.54, 1.807) is 11.9 Å². The summed E-state index contributed by atoms with van der Waals surface area (Å²) in [6.07, 6.45) is 6.01. The molecule has 1 heterocycles. The Morgan fingerprint density at radius 1 is 1.11 bits per heavy atom. The minimum absolute atomic E-state index is 0.132. The van der Waals surface area contributed by atoms with Crippen molar-refractivity contribution in [3.05, 3.63) is 48.0 Å². The van der Waals surface area contributed by atoms with Crippen molar-refractivity contribution in [3.63, 3.8) is 0 Å². The van der Waals surface area contributed by atoms with Crippen molar-refractivity contribution in [1.29, 1.82) is 0 Å². The summed E-state index contributed by atoms with van der Waals surface area (Å²) in [5, 5.41) is 3.26. The van der Waals surface area contributed by atoms with Crippen LogP contribution in [0.3, 0.4) is 0 Å². The average Bonchev–Trinajstić information content (AvgIpc) is 2.68. The van der Waals surface area contributed by atoms with Crippen molar-refractivity contribution in [3.8, 4) is 11.1 Å². The number of benzene rings is 2. The molecule has 2 aromatic carbocycles. The fourth-order valence-corrected chi connectivity index (χ4v) is 5.14. The molecule has 1 fully saturated rings. The zero-order valence-electron chi connectivity index (χ0n) is 16.2. The quantitative estimate of drug-likeness (QED) is 0.685. The Bertz CT molecular complexity index is 827. The lowest BCUT2D eigenvalue weighted by Crippen LogP contribution is -2.41. The Hall–Kier alpha value is -1.94. The lowest BCUT2D eigenvalue weighted by Gasteiger charge is -2.32. The van der Waals surface area contributed by atoms with E-state index in [-0.39, 0.29) is 5.91 Å². The molecule has 0 aromatic heterocycles. The highest BCUT2D eigenvalue weighted by Gasteiger charge is 2.26. The first-order valence-electron chi connectivity index (χ1n) is 10.1. The number of hydrogen-bond acceptors (Lipinski definition) is 3. The fourth-order valence-electron chi connectivity index (χ4n) is 4.05. The lowest BCUT2D eigenvalue weighted by atomic mass is 9.95. The third kappa shape index (κ3) is 4.01. The van der Waals surface area contributed by atoms with Crippen molar-refractivity contribution >= 4 is 23.5 Å². The average molecular weight is 381 g/mol. The molecule has 1 N–H and O–H groups in total. The Balaban J connectivity index is 1.59. The third-order valence-corrected chi connectivity index (χ3v) is 6.70. The van der Waals surface area contributed by atoms with E-state index in [4.69, 9.17) is 0 Å². The number of fused-ring (bicyclic) bond motifs is 3.